The summed E-state index contributed by atoms with van der Waals surface area (Å²) in [4.78, 5) is 7.94. The molecule has 143 valence electrons. The molecule has 1 radical (unpaired) electrons. The molecule has 0 fully saturated rings. The van der Waals surface area contributed by atoms with Crippen LogP contribution in [0.1, 0.15) is 0 Å². The predicted octanol–water partition coefficient (Wildman–Crippen LogP) is 5.90. The standard InChI is InChI=1S/C9H6BrNO.C5H3Br2N.C4H4BO3/c10-9-3-8(4-11-5-9)7-1-2-12-6-7;6-4-1-5(7)3-8-2-4;6-5-8-4-1-2-7-3-4/h1-6H;1-3H;1-3,6H. The van der Waals surface area contributed by atoms with E-state index in [1.54, 1.807) is 43.4 Å². The van der Waals surface area contributed by atoms with E-state index in [4.69, 9.17) is 9.44 Å². The second kappa shape index (κ2) is 12.6. The highest BCUT2D eigenvalue weighted by molar-refractivity contribution is 9.11. The van der Waals surface area contributed by atoms with E-state index in [1.807, 2.05) is 18.2 Å². The lowest BCUT2D eigenvalue weighted by Crippen LogP contribution is -1.97. The maximum absolute atomic E-state index is 8.05. The molecule has 6 nitrogen and oxygen atoms in total. The van der Waals surface area contributed by atoms with Crippen LogP contribution < -0.4 is 4.65 Å². The van der Waals surface area contributed by atoms with Crippen LogP contribution in [0.25, 0.3) is 11.1 Å². The molecule has 10 heteroatoms. The Labute approximate surface area is 187 Å². The largest absolute Gasteiger partial charge is 0.569 e. The van der Waals surface area contributed by atoms with Crippen LogP contribution in [-0.2, 0) is 0 Å². The smallest absolute Gasteiger partial charge is 0.535 e. The topological polar surface area (TPSA) is 81.5 Å². The second-order valence-electron chi connectivity index (χ2n) is 4.91. The molecule has 0 saturated heterocycles. The minimum Gasteiger partial charge on any atom is -0.535 e. The second-order valence-corrected chi connectivity index (χ2v) is 7.65. The van der Waals surface area contributed by atoms with Crippen LogP contribution in [0.4, 0.5) is 0 Å². The van der Waals surface area contributed by atoms with E-state index in [0.29, 0.717) is 13.4 Å². The Morgan fingerprint density at radius 1 is 0.786 bits per heavy atom. The van der Waals surface area contributed by atoms with E-state index >= 15 is 0 Å². The lowest BCUT2D eigenvalue weighted by Gasteiger charge is -1.95. The molecular formula is C18H13BBr3N2O4. The summed E-state index contributed by atoms with van der Waals surface area (Å²) in [5.41, 5.74) is 2.10. The Morgan fingerprint density at radius 3 is 1.86 bits per heavy atom. The average molecular weight is 572 g/mol. The van der Waals surface area contributed by atoms with Crippen molar-refractivity contribution in [2.24, 2.45) is 0 Å². The first-order chi connectivity index (χ1) is 13.6. The minimum absolute atomic E-state index is 0.493. The quantitative estimate of drug-likeness (QED) is 0.309. The van der Waals surface area contributed by atoms with Gasteiger partial charge in [0, 0.05) is 55.4 Å². The lowest BCUT2D eigenvalue weighted by molar-refractivity contribution is 0.446. The maximum atomic E-state index is 8.05. The highest BCUT2D eigenvalue weighted by atomic mass is 79.9. The fourth-order valence-corrected chi connectivity index (χ4v) is 3.17. The van der Waals surface area contributed by atoms with Gasteiger partial charge in [0.05, 0.1) is 18.8 Å². The van der Waals surface area contributed by atoms with Gasteiger partial charge in [0.2, 0.25) is 0 Å². The third-order valence-corrected chi connectivity index (χ3v) is 4.22. The van der Waals surface area contributed by atoms with Crippen molar-refractivity contribution < 1.29 is 18.5 Å². The molecule has 0 aliphatic heterocycles. The van der Waals surface area contributed by atoms with Gasteiger partial charge in [-0.25, -0.2) is 0 Å². The summed E-state index contributed by atoms with van der Waals surface area (Å²) in [7, 11) is 0.602. The van der Waals surface area contributed by atoms with Crippen LogP contribution in [-0.4, -0.2) is 22.7 Å². The number of hydrogen-bond acceptors (Lipinski definition) is 6. The molecule has 28 heavy (non-hydrogen) atoms. The monoisotopic (exact) mass is 569 g/mol. The Hall–Kier alpha value is -1.88. The van der Waals surface area contributed by atoms with Crippen molar-refractivity contribution in [3.05, 3.63) is 87.5 Å². The number of nitrogens with zero attached hydrogens (tertiary/aromatic N) is 2. The van der Waals surface area contributed by atoms with Gasteiger partial charge >= 0.3 is 7.69 Å². The molecule has 0 amide bonds. The zero-order valence-electron chi connectivity index (χ0n) is 14.2. The van der Waals surface area contributed by atoms with Crippen molar-refractivity contribution >= 4 is 55.5 Å². The van der Waals surface area contributed by atoms with Crippen molar-refractivity contribution in [3.63, 3.8) is 0 Å². The van der Waals surface area contributed by atoms with Gasteiger partial charge in [-0.15, -0.1) is 0 Å². The van der Waals surface area contributed by atoms with Gasteiger partial charge in [-0.1, -0.05) is 0 Å². The van der Waals surface area contributed by atoms with Gasteiger partial charge in [0.15, 0.2) is 0 Å². The molecule has 4 aromatic heterocycles. The van der Waals surface area contributed by atoms with Gasteiger partial charge in [-0.2, -0.15) is 0 Å². The summed E-state index contributed by atoms with van der Waals surface area (Å²) < 4.78 is 17.0. The van der Waals surface area contributed by atoms with Crippen LogP contribution >= 0.6 is 47.8 Å². The normalized spacial score (nSPS) is 9.43. The first-order valence-corrected chi connectivity index (χ1v) is 10.0. The van der Waals surface area contributed by atoms with Crippen LogP contribution in [0.2, 0.25) is 0 Å². The molecule has 0 bridgehead atoms. The van der Waals surface area contributed by atoms with E-state index in [0.717, 1.165) is 24.5 Å². The molecule has 1 N–H and O–H groups in total. The molecule has 0 saturated carbocycles. The van der Waals surface area contributed by atoms with E-state index in [9.17, 15) is 0 Å². The van der Waals surface area contributed by atoms with Crippen molar-refractivity contribution in [2.45, 2.75) is 0 Å². The summed E-state index contributed by atoms with van der Waals surface area (Å²) >= 11 is 9.89. The van der Waals surface area contributed by atoms with E-state index in [2.05, 4.69) is 66.8 Å². The first-order valence-electron chi connectivity index (χ1n) is 7.62. The van der Waals surface area contributed by atoms with E-state index < -0.39 is 0 Å². The van der Waals surface area contributed by atoms with E-state index in [1.165, 1.54) is 12.5 Å². The van der Waals surface area contributed by atoms with Gasteiger partial charge in [-0.3, -0.25) is 9.97 Å². The molecule has 4 heterocycles. The van der Waals surface area contributed by atoms with Crippen LogP contribution in [0.3, 0.4) is 0 Å². The van der Waals surface area contributed by atoms with E-state index in [-0.39, 0.29) is 0 Å². The number of pyridine rings is 2. The molecule has 4 aromatic rings. The van der Waals surface area contributed by atoms with Crippen LogP contribution in [0, 0.1) is 0 Å². The Morgan fingerprint density at radius 2 is 1.39 bits per heavy atom. The van der Waals surface area contributed by atoms with Gasteiger partial charge in [-0.05, 0) is 66.0 Å². The highest BCUT2D eigenvalue weighted by Gasteiger charge is 1.98. The third kappa shape index (κ3) is 8.43. The fourth-order valence-electron chi connectivity index (χ4n) is 1.76. The summed E-state index contributed by atoms with van der Waals surface area (Å²) in [5, 5.41) is 8.05. The number of aromatic nitrogens is 2. The summed E-state index contributed by atoms with van der Waals surface area (Å²) in [6.45, 7) is 0. The summed E-state index contributed by atoms with van der Waals surface area (Å²) in [6, 6.07) is 7.43. The van der Waals surface area contributed by atoms with Crippen molar-refractivity contribution in [1.29, 1.82) is 0 Å². The number of rotatable bonds is 3. The number of furan rings is 2. The molecule has 4 rings (SSSR count). The molecule has 0 atom stereocenters. The van der Waals surface area contributed by atoms with Crippen molar-refractivity contribution in [3.8, 4) is 16.9 Å². The lowest BCUT2D eigenvalue weighted by atomic mass is 10.2. The minimum atomic E-state index is 0.493. The Balaban J connectivity index is 0.000000156. The van der Waals surface area contributed by atoms with Crippen LogP contribution in [0.5, 0.6) is 5.75 Å². The zero-order valence-corrected chi connectivity index (χ0v) is 19.0. The van der Waals surface area contributed by atoms with Gasteiger partial charge in [0.25, 0.3) is 0 Å². The average Bonchev–Trinajstić information content (AvgIpc) is 3.37. The fraction of sp³-hybridized carbons (Fsp3) is 0. The third-order valence-electron chi connectivity index (χ3n) is 2.91. The molecule has 0 aromatic carbocycles. The molecular weight excluding hydrogens is 559 g/mol. The summed E-state index contributed by atoms with van der Waals surface area (Å²) in [6.07, 6.45) is 13.2. The molecule has 0 unspecified atom stereocenters. The van der Waals surface area contributed by atoms with Gasteiger partial charge < -0.3 is 18.5 Å². The number of halogens is 3. The van der Waals surface area contributed by atoms with Crippen molar-refractivity contribution in [2.75, 3.05) is 0 Å². The predicted molar refractivity (Wildman–Crippen MR) is 117 cm³/mol. The molecule has 0 aliphatic carbocycles. The maximum Gasteiger partial charge on any atom is 0.569 e. The molecule has 0 aliphatic rings. The highest BCUT2D eigenvalue weighted by Crippen LogP contribution is 2.21. The van der Waals surface area contributed by atoms with Crippen molar-refractivity contribution in [1.82, 2.24) is 9.97 Å². The Bertz CT molecular complexity index is 920. The Kier molecular flexibility index (Phi) is 10.1. The first kappa shape index (κ1) is 22.4. The summed E-state index contributed by atoms with van der Waals surface area (Å²) in [5.74, 6) is 0.493. The van der Waals surface area contributed by atoms with Crippen LogP contribution in [0.15, 0.2) is 96.4 Å². The van der Waals surface area contributed by atoms with Gasteiger partial charge in [0.1, 0.15) is 12.0 Å². The zero-order chi connectivity index (χ0) is 20.2. The SMILES string of the molecule is Brc1cncc(-c2ccoc2)c1.Brc1cncc(Br)c1.O[B]Oc1ccoc1. The number of hydrogen-bond donors (Lipinski definition) is 1. The molecule has 0 spiro atoms.